The van der Waals surface area contributed by atoms with Gasteiger partial charge in [-0.3, -0.25) is 0 Å². The highest BCUT2D eigenvalue weighted by Gasteiger charge is 2.26. The van der Waals surface area contributed by atoms with Crippen molar-refractivity contribution < 1.29 is 4.42 Å². The van der Waals surface area contributed by atoms with E-state index in [0.717, 1.165) is 104 Å². The van der Waals surface area contributed by atoms with Gasteiger partial charge < -0.3 is 13.6 Å². The fourth-order valence-corrected chi connectivity index (χ4v) is 10.3. The number of hydrogen-bond donors (Lipinski definition) is 0. The molecule has 65 heavy (non-hydrogen) atoms. The average molecular weight is 830 g/mol. The van der Waals surface area contributed by atoms with Crippen molar-refractivity contribution in [1.29, 1.82) is 0 Å². The first-order valence-corrected chi connectivity index (χ1v) is 21.9. The monoisotopic (exact) mass is 829 g/mol. The van der Waals surface area contributed by atoms with E-state index in [1.54, 1.807) is 0 Å². The quantitative estimate of drug-likeness (QED) is 0.173. The maximum Gasteiger partial charge on any atom is 0.166 e. The molecular formula is C59H35N5O. The van der Waals surface area contributed by atoms with Crippen LogP contribution in [0.5, 0.6) is 0 Å². The predicted octanol–water partition coefficient (Wildman–Crippen LogP) is 15.3. The molecule has 0 fully saturated rings. The fourth-order valence-electron chi connectivity index (χ4n) is 10.3. The van der Waals surface area contributed by atoms with Gasteiger partial charge in [0, 0.05) is 49.3 Å². The summed E-state index contributed by atoms with van der Waals surface area (Å²) in [6.07, 6.45) is 0. The third-order valence-corrected chi connectivity index (χ3v) is 13.1. The lowest BCUT2D eigenvalue weighted by molar-refractivity contribution is 0.669. The van der Waals surface area contributed by atoms with Crippen molar-refractivity contribution >= 4 is 87.1 Å². The van der Waals surface area contributed by atoms with Gasteiger partial charge >= 0.3 is 0 Å². The Kier molecular flexibility index (Phi) is 7.59. The maximum absolute atomic E-state index is 6.67. The largest absolute Gasteiger partial charge is 0.456 e. The molecule has 0 radical (unpaired) electrons. The zero-order valence-corrected chi connectivity index (χ0v) is 34.9. The minimum atomic E-state index is 0.561. The standard InChI is InChI=1S/C59H35N5O/c1-2-20-39(21-3-1)63-49-29-11-8-23-41(49)43-26-15-28-46(55(43)63)58-60-57(44-27-14-19-36-16-6-7-22-40(36)44)61-59(62-58)47-32-33-53-54(45-25-10-13-31-52(45)65-53)56(47)64-50-30-12-9-24-42(50)48-34-37-17-4-5-18-38(37)35-51(48)64/h1-35H. The molecule has 0 saturated heterocycles. The smallest absolute Gasteiger partial charge is 0.166 e. The molecule has 4 aromatic heterocycles. The van der Waals surface area contributed by atoms with Crippen LogP contribution >= 0.6 is 0 Å². The molecule has 0 aliphatic rings. The van der Waals surface area contributed by atoms with Crippen molar-refractivity contribution in [2.24, 2.45) is 0 Å². The molecule has 0 unspecified atom stereocenters. The number of fused-ring (bicyclic) bond motifs is 11. The summed E-state index contributed by atoms with van der Waals surface area (Å²) >= 11 is 0. The topological polar surface area (TPSA) is 61.7 Å². The highest BCUT2D eigenvalue weighted by molar-refractivity contribution is 6.19. The predicted molar refractivity (Wildman–Crippen MR) is 267 cm³/mol. The molecule has 4 heterocycles. The number of furan rings is 1. The Labute approximate surface area is 371 Å². The van der Waals surface area contributed by atoms with Crippen molar-refractivity contribution in [3.05, 3.63) is 212 Å². The first-order chi connectivity index (χ1) is 32.2. The number of hydrogen-bond acceptors (Lipinski definition) is 4. The molecule has 302 valence electrons. The van der Waals surface area contributed by atoms with Gasteiger partial charge in [0.15, 0.2) is 17.5 Å². The van der Waals surface area contributed by atoms with Crippen LogP contribution in [-0.4, -0.2) is 24.1 Å². The summed E-state index contributed by atoms with van der Waals surface area (Å²) in [4.78, 5) is 16.6. The Morgan fingerprint density at radius 3 is 1.68 bits per heavy atom. The summed E-state index contributed by atoms with van der Waals surface area (Å²) in [6.45, 7) is 0. The van der Waals surface area contributed by atoms with Crippen LogP contribution in [0, 0.1) is 0 Å². The molecule has 14 rings (SSSR count). The molecule has 14 aromatic rings. The fraction of sp³-hybridized carbons (Fsp3) is 0. The van der Waals surface area contributed by atoms with Gasteiger partial charge in [0.25, 0.3) is 0 Å². The van der Waals surface area contributed by atoms with E-state index in [9.17, 15) is 0 Å². The number of benzene rings is 10. The van der Waals surface area contributed by atoms with E-state index >= 15 is 0 Å². The number of rotatable bonds is 5. The summed E-state index contributed by atoms with van der Waals surface area (Å²) in [5, 5.41) is 11.2. The summed E-state index contributed by atoms with van der Waals surface area (Å²) < 4.78 is 11.4. The summed E-state index contributed by atoms with van der Waals surface area (Å²) in [7, 11) is 0. The molecule has 6 nitrogen and oxygen atoms in total. The van der Waals surface area contributed by atoms with Crippen molar-refractivity contribution in [2.75, 3.05) is 0 Å². The Hall–Kier alpha value is -8.87. The molecule has 0 atom stereocenters. The maximum atomic E-state index is 6.67. The van der Waals surface area contributed by atoms with Crippen LogP contribution in [0.25, 0.3) is 133 Å². The Morgan fingerprint density at radius 2 is 0.877 bits per heavy atom. The van der Waals surface area contributed by atoms with Crippen molar-refractivity contribution in [3.8, 4) is 45.5 Å². The first kappa shape index (κ1) is 35.7. The van der Waals surface area contributed by atoms with Crippen molar-refractivity contribution in [1.82, 2.24) is 24.1 Å². The average Bonchev–Trinajstić information content (AvgIpc) is 4.03. The molecule has 0 N–H and O–H groups in total. The van der Waals surface area contributed by atoms with Gasteiger partial charge in [-0.25, -0.2) is 15.0 Å². The highest BCUT2D eigenvalue weighted by Crippen LogP contribution is 2.45. The lowest BCUT2D eigenvalue weighted by atomic mass is 10.0. The molecule has 6 heteroatoms. The van der Waals surface area contributed by atoms with Crippen LogP contribution in [0.1, 0.15) is 0 Å². The minimum Gasteiger partial charge on any atom is -0.456 e. The zero-order chi connectivity index (χ0) is 42.6. The zero-order valence-electron chi connectivity index (χ0n) is 34.9. The van der Waals surface area contributed by atoms with Crippen LogP contribution < -0.4 is 0 Å². The summed E-state index contributed by atoms with van der Waals surface area (Å²) in [5.74, 6) is 1.74. The van der Waals surface area contributed by atoms with E-state index in [1.807, 2.05) is 12.1 Å². The van der Waals surface area contributed by atoms with Crippen molar-refractivity contribution in [3.63, 3.8) is 0 Å². The van der Waals surface area contributed by atoms with Gasteiger partial charge in [0.2, 0.25) is 0 Å². The Balaban J connectivity index is 1.14. The molecule has 0 aliphatic carbocycles. The first-order valence-electron chi connectivity index (χ1n) is 21.9. The van der Waals surface area contributed by atoms with E-state index in [-0.39, 0.29) is 0 Å². The highest BCUT2D eigenvalue weighted by atomic mass is 16.3. The molecule has 0 spiro atoms. The van der Waals surface area contributed by atoms with Gasteiger partial charge in [0.1, 0.15) is 11.2 Å². The lowest BCUT2D eigenvalue weighted by Gasteiger charge is -2.17. The molecule has 0 saturated carbocycles. The molecule has 10 aromatic carbocycles. The second-order valence-corrected chi connectivity index (χ2v) is 16.7. The summed E-state index contributed by atoms with van der Waals surface area (Å²) in [5.41, 5.74) is 10.6. The Morgan fingerprint density at radius 1 is 0.323 bits per heavy atom. The lowest BCUT2D eigenvalue weighted by Crippen LogP contribution is -2.05. The van der Waals surface area contributed by atoms with E-state index in [4.69, 9.17) is 19.4 Å². The van der Waals surface area contributed by atoms with Crippen LogP contribution in [0.3, 0.4) is 0 Å². The number of aromatic nitrogens is 5. The molecular weight excluding hydrogens is 795 g/mol. The van der Waals surface area contributed by atoms with E-state index in [0.29, 0.717) is 17.5 Å². The van der Waals surface area contributed by atoms with Crippen LogP contribution in [0.15, 0.2) is 217 Å². The second-order valence-electron chi connectivity index (χ2n) is 16.7. The molecule has 0 bridgehead atoms. The van der Waals surface area contributed by atoms with Gasteiger partial charge in [-0.1, -0.05) is 152 Å². The number of nitrogens with zero attached hydrogens (tertiary/aromatic N) is 5. The van der Waals surface area contributed by atoms with Gasteiger partial charge in [-0.2, -0.15) is 0 Å². The van der Waals surface area contributed by atoms with Crippen molar-refractivity contribution in [2.45, 2.75) is 0 Å². The Bertz CT molecular complexity index is 4250. The van der Waals surface area contributed by atoms with Gasteiger partial charge in [0.05, 0.1) is 33.1 Å². The normalized spacial score (nSPS) is 12.0. The molecule has 0 amide bonds. The van der Waals surface area contributed by atoms with Gasteiger partial charge in [-0.15, -0.1) is 0 Å². The SMILES string of the molecule is c1ccc(-n2c3ccccc3c3cccc(-c4nc(-c5ccc6oc7ccccc7c6c5-n5c6ccccc6c6cc7ccccc7cc65)nc(-c5cccc6ccccc56)n4)c32)cc1. The third-order valence-electron chi connectivity index (χ3n) is 13.1. The van der Waals surface area contributed by atoms with E-state index < -0.39 is 0 Å². The minimum absolute atomic E-state index is 0.561. The van der Waals surface area contributed by atoms with E-state index in [1.165, 1.54) is 10.8 Å². The third kappa shape index (κ3) is 5.31. The van der Waals surface area contributed by atoms with E-state index in [2.05, 4.69) is 209 Å². The van der Waals surface area contributed by atoms with Crippen LogP contribution in [0.4, 0.5) is 0 Å². The van der Waals surface area contributed by atoms with Crippen LogP contribution in [-0.2, 0) is 0 Å². The van der Waals surface area contributed by atoms with Gasteiger partial charge in [-0.05, 0) is 82.2 Å². The number of para-hydroxylation sites is 5. The second kappa shape index (κ2) is 13.8. The molecule has 0 aliphatic heterocycles. The van der Waals surface area contributed by atoms with Crippen LogP contribution in [0.2, 0.25) is 0 Å². The summed E-state index contributed by atoms with van der Waals surface area (Å²) in [6, 6.07) is 74.9.